The lowest BCUT2D eigenvalue weighted by atomic mass is 9.95. The van der Waals surface area contributed by atoms with E-state index in [2.05, 4.69) is 31.1 Å². The van der Waals surface area contributed by atoms with Crippen molar-refractivity contribution in [3.63, 3.8) is 0 Å². The zero-order valence-electron chi connectivity index (χ0n) is 17.5. The van der Waals surface area contributed by atoms with Crippen LogP contribution in [-0.2, 0) is 13.0 Å². The van der Waals surface area contributed by atoms with Crippen molar-refractivity contribution in [1.82, 2.24) is 9.78 Å². The largest absolute Gasteiger partial charge is 0.495 e. The van der Waals surface area contributed by atoms with Crippen LogP contribution in [0.5, 0.6) is 5.75 Å². The van der Waals surface area contributed by atoms with E-state index in [1.165, 1.54) is 11.1 Å². The van der Waals surface area contributed by atoms with Crippen LogP contribution < -0.4 is 9.64 Å². The Morgan fingerprint density at radius 2 is 1.86 bits per heavy atom. The third-order valence-corrected chi connectivity index (χ3v) is 5.66. The molecule has 2 aromatic carbocycles. The van der Waals surface area contributed by atoms with E-state index in [1.54, 1.807) is 7.11 Å². The second-order valence-corrected chi connectivity index (χ2v) is 7.75. The maximum Gasteiger partial charge on any atom is 0.258 e. The number of carbonyl (C=O) groups is 1. The van der Waals surface area contributed by atoms with Gasteiger partial charge in [0.2, 0.25) is 0 Å². The number of rotatable bonds is 4. The van der Waals surface area contributed by atoms with Crippen molar-refractivity contribution < 1.29 is 9.53 Å². The van der Waals surface area contributed by atoms with Gasteiger partial charge in [-0.1, -0.05) is 18.2 Å². The Morgan fingerprint density at radius 3 is 2.52 bits per heavy atom. The van der Waals surface area contributed by atoms with Gasteiger partial charge < -0.3 is 9.64 Å². The number of nitrogens with zero attached hydrogens (tertiary/aromatic N) is 3. The quantitative estimate of drug-likeness (QED) is 0.662. The molecule has 150 valence electrons. The summed E-state index contributed by atoms with van der Waals surface area (Å²) in [4.78, 5) is 15.2. The lowest BCUT2D eigenvalue weighted by Crippen LogP contribution is -2.36. The molecule has 1 aromatic heterocycles. The number of aromatic nitrogens is 2. The highest BCUT2D eigenvalue weighted by Crippen LogP contribution is 2.38. The predicted molar refractivity (Wildman–Crippen MR) is 115 cm³/mol. The first-order chi connectivity index (χ1) is 14.0. The molecule has 29 heavy (non-hydrogen) atoms. The fourth-order valence-corrected chi connectivity index (χ4v) is 4.14. The minimum Gasteiger partial charge on any atom is -0.495 e. The molecule has 0 aliphatic carbocycles. The summed E-state index contributed by atoms with van der Waals surface area (Å²) in [6.45, 7) is 7.56. The summed E-state index contributed by atoms with van der Waals surface area (Å²) >= 11 is 0. The van der Waals surface area contributed by atoms with E-state index in [0.29, 0.717) is 18.7 Å². The molecule has 3 aromatic rings. The van der Waals surface area contributed by atoms with Crippen molar-refractivity contribution in [2.45, 2.75) is 40.2 Å². The van der Waals surface area contributed by atoms with E-state index in [1.807, 2.05) is 46.8 Å². The highest BCUT2D eigenvalue weighted by Gasteiger charge is 2.27. The van der Waals surface area contributed by atoms with Crippen molar-refractivity contribution in [3.8, 4) is 5.75 Å². The molecular formula is C24H27N3O2. The molecule has 4 rings (SSSR count). The zero-order chi connectivity index (χ0) is 20.5. The van der Waals surface area contributed by atoms with Gasteiger partial charge in [-0.2, -0.15) is 5.10 Å². The minimum absolute atomic E-state index is 0.0208. The van der Waals surface area contributed by atoms with Crippen molar-refractivity contribution in [3.05, 3.63) is 76.1 Å². The van der Waals surface area contributed by atoms with Crippen molar-refractivity contribution in [2.24, 2.45) is 0 Å². The van der Waals surface area contributed by atoms with Gasteiger partial charge in [-0.15, -0.1) is 0 Å². The predicted octanol–water partition coefficient (Wildman–Crippen LogP) is 4.46. The highest BCUT2D eigenvalue weighted by atomic mass is 16.5. The first-order valence-electron chi connectivity index (χ1n) is 10.1. The second-order valence-electron chi connectivity index (χ2n) is 7.75. The van der Waals surface area contributed by atoms with Crippen molar-refractivity contribution in [1.29, 1.82) is 0 Å². The molecule has 1 amide bonds. The maximum absolute atomic E-state index is 13.3. The third kappa shape index (κ3) is 3.65. The Balaban J connectivity index is 1.60. The van der Waals surface area contributed by atoms with E-state index in [0.717, 1.165) is 41.2 Å². The molecule has 0 N–H and O–H groups in total. The Labute approximate surface area is 171 Å². The molecule has 1 aliphatic heterocycles. The molecule has 0 spiro atoms. The molecule has 0 atom stereocenters. The number of aryl methyl sites for hydroxylation is 3. The summed E-state index contributed by atoms with van der Waals surface area (Å²) in [6, 6.07) is 14.0. The van der Waals surface area contributed by atoms with Crippen LogP contribution in [-0.4, -0.2) is 29.3 Å². The SMILES string of the molecule is COc1ccc(C)c2c1N(C(=O)c1ccc(Cn3nc(C)cc3C)cc1)CCC2. The fraction of sp³-hybridized carbons (Fsp3) is 0.333. The topological polar surface area (TPSA) is 47.4 Å². The average molecular weight is 389 g/mol. The molecule has 0 unspecified atom stereocenters. The molecule has 0 saturated carbocycles. The Bertz CT molecular complexity index is 1050. The van der Waals surface area contributed by atoms with Crippen LogP contribution >= 0.6 is 0 Å². The lowest BCUT2D eigenvalue weighted by molar-refractivity contribution is 0.0984. The molecule has 1 aliphatic rings. The maximum atomic E-state index is 13.3. The van der Waals surface area contributed by atoms with Gasteiger partial charge in [0.25, 0.3) is 5.91 Å². The lowest BCUT2D eigenvalue weighted by Gasteiger charge is -2.32. The van der Waals surface area contributed by atoms with Crippen LogP contribution in [0.3, 0.4) is 0 Å². The first-order valence-corrected chi connectivity index (χ1v) is 10.1. The molecular weight excluding hydrogens is 362 g/mol. The first kappa shape index (κ1) is 19.2. The van der Waals surface area contributed by atoms with Crippen LogP contribution in [0.25, 0.3) is 0 Å². The number of hydrogen-bond acceptors (Lipinski definition) is 3. The monoisotopic (exact) mass is 389 g/mol. The van der Waals surface area contributed by atoms with Crippen molar-refractivity contribution in [2.75, 3.05) is 18.6 Å². The number of hydrogen-bond donors (Lipinski definition) is 0. The molecule has 5 heteroatoms. The van der Waals surface area contributed by atoms with E-state index in [-0.39, 0.29) is 5.91 Å². The minimum atomic E-state index is 0.0208. The van der Waals surface area contributed by atoms with Gasteiger partial charge in [0.15, 0.2) is 0 Å². The number of ether oxygens (including phenoxy) is 1. The van der Waals surface area contributed by atoms with Gasteiger partial charge in [0.1, 0.15) is 5.75 Å². The number of anilines is 1. The summed E-state index contributed by atoms with van der Waals surface area (Å²) in [5.74, 6) is 0.785. The summed E-state index contributed by atoms with van der Waals surface area (Å²) in [6.07, 6.45) is 1.94. The standard InChI is InChI=1S/C24H27N3O2/c1-16-7-12-22(29-4)23-21(16)6-5-13-26(23)24(28)20-10-8-19(9-11-20)15-27-18(3)14-17(2)25-27/h7-12,14H,5-6,13,15H2,1-4H3. The smallest absolute Gasteiger partial charge is 0.258 e. The fourth-order valence-electron chi connectivity index (χ4n) is 4.14. The summed E-state index contributed by atoms with van der Waals surface area (Å²) in [5, 5.41) is 4.52. The van der Waals surface area contributed by atoms with Crippen LogP contribution in [0.1, 0.15) is 44.9 Å². The Morgan fingerprint density at radius 1 is 1.10 bits per heavy atom. The number of amides is 1. The number of fused-ring (bicyclic) bond motifs is 1. The Hall–Kier alpha value is -3.08. The van der Waals surface area contributed by atoms with Gasteiger partial charge in [-0.25, -0.2) is 0 Å². The normalized spacial score (nSPS) is 13.3. The molecule has 0 saturated heterocycles. The van der Waals surface area contributed by atoms with Gasteiger partial charge in [-0.05, 0) is 74.6 Å². The van der Waals surface area contributed by atoms with E-state index < -0.39 is 0 Å². The van der Waals surface area contributed by atoms with Gasteiger partial charge in [0.05, 0.1) is 25.0 Å². The van der Waals surface area contributed by atoms with Gasteiger partial charge in [-0.3, -0.25) is 9.48 Å². The number of benzene rings is 2. The van der Waals surface area contributed by atoms with E-state index in [9.17, 15) is 4.79 Å². The molecule has 0 bridgehead atoms. The average Bonchev–Trinajstić information content (AvgIpc) is 3.05. The van der Waals surface area contributed by atoms with E-state index >= 15 is 0 Å². The second kappa shape index (κ2) is 7.74. The summed E-state index contributed by atoms with van der Waals surface area (Å²) < 4.78 is 7.57. The van der Waals surface area contributed by atoms with Crippen LogP contribution in [0.4, 0.5) is 5.69 Å². The molecule has 0 radical (unpaired) electrons. The Kier molecular flexibility index (Phi) is 5.14. The summed E-state index contributed by atoms with van der Waals surface area (Å²) in [5.41, 5.74) is 7.31. The molecule has 0 fully saturated rings. The zero-order valence-corrected chi connectivity index (χ0v) is 17.5. The van der Waals surface area contributed by atoms with Crippen molar-refractivity contribution >= 4 is 11.6 Å². The third-order valence-electron chi connectivity index (χ3n) is 5.66. The van der Waals surface area contributed by atoms with Crippen LogP contribution in [0.15, 0.2) is 42.5 Å². The van der Waals surface area contributed by atoms with Crippen LogP contribution in [0.2, 0.25) is 0 Å². The molecule has 5 nitrogen and oxygen atoms in total. The van der Waals surface area contributed by atoms with Crippen LogP contribution in [0, 0.1) is 20.8 Å². The number of carbonyl (C=O) groups excluding carboxylic acids is 1. The van der Waals surface area contributed by atoms with Gasteiger partial charge >= 0.3 is 0 Å². The summed E-state index contributed by atoms with van der Waals surface area (Å²) in [7, 11) is 1.66. The number of methoxy groups -OCH3 is 1. The molecule has 2 heterocycles. The van der Waals surface area contributed by atoms with Gasteiger partial charge in [0, 0.05) is 17.8 Å². The highest BCUT2D eigenvalue weighted by molar-refractivity contribution is 6.07. The van der Waals surface area contributed by atoms with E-state index in [4.69, 9.17) is 4.74 Å².